The lowest BCUT2D eigenvalue weighted by atomic mass is 10.3. The summed E-state index contributed by atoms with van der Waals surface area (Å²) in [5, 5.41) is 2.82. The zero-order valence-corrected chi connectivity index (χ0v) is 13.3. The van der Waals surface area contributed by atoms with Gasteiger partial charge in [0.05, 0.1) is 0 Å². The first-order valence-electron chi connectivity index (χ1n) is 6.49. The largest absolute Gasteiger partial charge is 0.385 e. The number of carbonyl (C=O) groups is 1. The Bertz CT molecular complexity index is 665. The molecule has 1 aromatic heterocycles. The van der Waals surface area contributed by atoms with Crippen molar-refractivity contribution in [2.75, 3.05) is 26.0 Å². The Morgan fingerprint density at radius 1 is 1.43 bits per heavy atom. The highest BCUT2D eigenvalue weighted by atomic mass is 32.1. The molecular formula is C14H17N3O2S2. The molecule has 7 heteroatoms. The SMILES string of the molecule is COCCCNC(=O)c1sc(=S)n(-c2ccccc2)c1N. The lowest BCUT2D eigenvalue weighted by Gasteiger charge is -2.06. The second-order valence-electron chi connectivity index (χ2n) is 4.36. The first-order valence-corrected chi connectivity index (χ1v) is 7.71. The van der Waals surface area contributed by atoms with Gasteiger partial charge in [0, 0.05) is 25.9 Å². The first-order chi connectivity index (χ1) is 10.1. The molecule has 0 atom stereocenters. The molecule has 0 aliphatic heterocycles. The van der Waals surface area contributed by atoms with Crippen molar-refractivity contribution in [1.29, 1.82) is 0 Å². The van der Waals surface area contributed by atoms with Crippen LogP contribution in [-0.2, 0) is 4.74 Å². The molecule has 1 heterocycles. The van der Waals surface area contributed by atoms with E-state index in [4.69, 9.17) is 22.7 Å². The van der Waals surface area contributed by atoms with Gasteiger partial charge in [-0.3, -0.25) is 9.36 Å². The number of amides is 1. The zero-order chi connectivity index (χ0) is 15.2. The Morgan fingerprint density at radius 3 is 2.81 bits per heavy atom. The number of nitrogens with two attached hydrogens (primary N) is 1. The van der Waals surface area contributed by atoms with Crippen LogP contribution in [0.4, 0.5) is 5.82 Å². The number of carbonyl (C=O) groups excluding carboxylic acids is 1. The fourth-order valence-corrected chi connectivity index (χ4v) is 3.15. The van der Waals surface area contributed by atoms with E-state index in [2.05, 4.69) is 5.32 Å². The van der Waals surface area contributed by atoms with E-state index in [-0.39, 0.29) is 5.91 Å². The Labute approximate surface area is 132 Å². The smallest absolute Gasteiger partial charge is 0.265 e. The molecule has 0 unspecified atom stereocenters. The Balaban J connectivity index is 2.20. The van der Waals surface area contributed by atoms with Crippen LogP contribution in [0.5, 0.6) is 0 Å². The van der Waals surface area contributed by atoms with Crippen LogP contribution >= 0.6 is 23.6 Å². The first kappa shape index (κ1) is 15.7. The summed E-state index contributed by atoms with van der Waals surface area (Å²) in [6.07, 6.45) is 0.757. The van der Waals surface area contributed by atoms with Crippen molar-refractivity contribution in [1.82, 2.24) is 9.88 Å². The highest BCUT2D eigenvalue weighted by Gasteiger charge is 2.17. The van der Waals surface area contributed by atoms with Crippen molar-refractivity contribution in [3.05, 3.63) is 39.2 Å². The quantitative estimate of drug-likeness (QED) is 0.633. The van der Waals surface area contributed by atoms with Crippen molar-refractivity contribution in [2.45, 2.75) is 6.42 Å². The summed E-state index contributed by atoms with van der Waals surface area (Å²) in [5.41, 5.74) is 6.94. The normalized spacial score (nSPS) is 10.5. The van der Waals surface area contributed by atoms with Crippen molar-refractivity contribution in [2.24, 2.45) is 0 Å². The summed E-state index contributed by atoms with van der Waals surface area (Å²) in [5.74, 6) is 0.176. The van der Waals surface area contributed by atoms with Crippen LogP contribution in [-0.4, -0.2) is 30.7 Å². The van der Waals surface area contributed by atoms with Gasteiger partial charge in [0.25, 0.3) is 5.91 Å². The number of rotatable bonds is 6. The molecule has 3 N–H and O–H groups in total. The number of methoxy groups -OCH3 is 1. The van der Waals surface area contributed by atoms with Crippen LogP contribution in [0.2, 0.25) is 0 Å². The summed E-state index contributed by atoms with van der Waals surface area (Å²) in [4.78, 5) is 12.6. The summed E-state index contributed by atoms with van der Waals surface area (Å²) in [6, 6.07) is 9.52. The number of thiazole rings is 1. The molecule has 0 aliphatic carbocycles. The molecule has 21 heavy (non-hydrogen) atoms. The Hall–Kier alpha value is -1.70. The minimum Gasteiger partial charge on any atom is -0.385 e. The molecule has 0 spiro atoms. The van der Waals surface area contributed by atoms with E-state index < -0.39 is 0 Å². The number of hydrogen-bond acceptors (Lipinski definition) is 5. The topological polar surface area (TPSA) is 69.3 Å². The molecule has 1 amide bonds. The lowest BCUT2D eigenvalue weighted by molar-refractivity contribution is 0.0953. The summed E-state index contributed by atoms with van der Waals surface area (Å²) >= 11 is 6.53. The number of nitrogen functional groups attached to an aromatic ring is 1. The summed E-state index contributed by atoms with van der Waals surface area (Å²) < 4.78 is 7.21. The van der Waals surface area contributed by atoms with Crippen molar-refractivity contribution >= 4 is 35.3 Å². The van der Waals surface area contributed by atoms with Crippen molar-refractivity contribution in [3.63, 3.8) is 0 Å². The third-order valence-corrected chi connectivity index (χ3v) is 4.27. The number of ether oxygens (including phenoxy) is 1. The van der Waals surface area contributed by atoms with Crippen molar-refractivity contribution in [3.8, 4) is 5.69 Å². The number of benzene rings is 1. The van der Waals surface area contributed by atoms with Gasteiger partial charge in [0.2, 0.25) is 0 Å². The number of anilines is 1. The molecule has 0 aliphatic rings. The van der Waals surface area contributed by atoms with Gasteiger partial charge in [-0.05, 0) is 30.8 Å². The van der Waals surface area contributed by atoms with Crippen LogP contribution < -0.4 is 11.1 Å². The predicted molar refractivity (Wildman–Crippen MR) is 87.7 cm³/mol. The molecule has 2 rings (SSSR count). The average Bonchev–Trinajstić information content (AvgIpc) is 2.79. The molecular weight excluding hydrogens is 306 g/mol. The van der Waals surface area contributed by atoms with Gasteiger partial charge < -0.3 is 15.8 Å². The Kier molecular flexibility index (Phi) is 5.49. The minimum absolute atomic E-state index is 0.200. The number of hydrogen-bond donors (Lipinski definition) is 2. The van der Waals surface area contributed by atoms with Crippen LogP contribution in [0.15, 0.2) is 30.3 Å². The van der Waals surface area contributed by atoms with E-state index in [9.17, 15) is 4.79 Å². The van der Waals surface area contributed by atoms with E-state index in [0.29, 0.717) is 27.8 Å². The zero-order valence-electron chi connectivity index (χ0n) is 11.7. The number of nitrogens with zero attached hydrogens (tertiary/aromatic N) is 1. The van der Waals surface area contributed by atoms with E-state index in [0.717, 1.165) is 12.1 Å². The highest BCUT2D eigenvalue weighted by molar-refractivity contribution is 7.73. The second-order valence-corrected chi connectivity index (χ2v) is 6.00. The molecule has 0 saturated heterocycles. The number of nitrogens with one attached hydrogen (secondary N) is 1. The Morgan fingerprint density at radius 2 is 2.14 bits per heavy atom. The van der Waals surface area contributed by atoms with Crippen LogP contribution in [0.3, 0.4) is 0 Å². The van der Waals surface area contributed by atoms with Crippen LogP contribution in [0, 0.1) is 3.95 Å². The molecule has 2 aromatic rings. The van der Waals surface area contributed by atoms with E-state index in [1.54, 1.807) is 11.7 Å². The molecule has 0 fully saturated rings. The van der Waals surface area contributed by atoms with Crippen LogP contribution in [0.25, 0.3) is 5.69 Å². The molecule has 1 aromatic carbocycles. The van der Waals surface area contributed by atoms with E-state index in [1.807, 2.05) is 30.3 Å². The highest BCUT2D eigenvalue weighted by Crippen LogP contribution is 2.25. The average molecular weight is 323 g/mol. The van der Waals surface area contributed by atoms with Gasteiger partial charge in [0.1, 0.15) is 10.7 Å². The number of aromatic nitrogens is 1. The van der Waals surface area contributed by atoms with Gasteiger partial charge in [0.15, 0.2) is 3.95 Å². The third kappa shape index (κ3) is 3.69. The van der Waals surface area contributed by atoms with Gasteiger partial charge in [-0.2, -0.15) is 0 Å². The van der Waals surface area contributed by atoms with Gasteiger partial charge in [-0.15, -0.1) is 0 Å². The molecule has 0 radical (unpaired) electrons. The lowest BCUT2D eigenvalue weighted by Crippen LogP contribution is -2.25. The fraction of sp³-hybridized carbons (Fsp3) is 0.286. The predicted octanol–water partition coefficient (Wildman–Crippen LogP) is 2.62. The maximum Gasteiger partial charge on any atom is 0.265 e. The maximum atomic E-state index is 12.1. The second kappa shape index (κ2) is 7.35. The van der Waals surface area contributed by atoms with Gasteiger partial charge in [-0.25, -0.2) is 0 Å². The molecule has 5 nitrogen and oxygen atoms in total. The third-order valence-electron chi connectivity index (χ3n) is 2.88. The minimum atomic E-state index is -0.200. The maximum absolute atomic E-state index is 12.1. The molecule has 112 valence electrons. The van der Waals surface area contributed by atoms with Crippen LogP contribution in [0.1, 0.15) is 16.1 Å². The molecule has 0 saturated carbocycles. The monoisotopic (exact) mass is 323 g/mol. The van der Waals surface area contributed by atoms with Gasteiger partial charge in [-0.1, -0.05) is 29.5 Å². The standard InChI is InChI=1S/C14H17N3O2S2/c1-19-9-5-8-16-13(18)11-12(15)17(14(20)21-11)10-6-3-2-4-7-10/h2-4,6-7H,5,8-9,15H2,1H3,(H,16,18). The fourth-order valence-electron chi connectivity index (χ4n) is 1.87. The van der Waals surface area contributed by atoms with E-state index in [1.165, 1.54) is 11.3 Å². The van der Waals surface area contributed by atoms with E-state index >= 15 is 0 Å². The summed E-state index contributed by atoms with van der Waals surface area (Å²) in [6.45, 7) is 1.15. The molecule has 0 bridgehead atoms. The number of para-hydroxylation sites is 1. The summed E-state index contributed by atoms with van der Waals surface area (Å²) in [7, 11) is 1.63. The van der Waals surface area contributed by atoms with Crippen molar-refractivity contribution < 1.29 is 9.53 Å². The van der Waals surface area contributed by atoms with Gasteiger partial charge >= 0.3 is 0 Å².